The Morgan fingerprint density at radius 2 is 1.93 bits per heavy atom. The van der Waals surface area contributed by atoms with Gasteiger partial charge >= 0.3 is 5.97 Å². The number of esters is 1. The van der Waals surface area contributed by atoms with E-state index in [-0.39, 0.29) is 6.61 Å². The maximum atomic E-state index is 12.6. The molecule has 0 aliphatic heterocycles. The number of nitrogens with zero attached hydrogens (tertiary/aromatic N) is 4. The van der Waals surface area contributed by atoms with Crippen LogP contribution in [-0.2, 0) is 11.3 Å². The molecule has 0 fully saturated rings. The fourth-order valence-electron chi connectivity index (χ4n) is 3.14. The second kappa shape index (κ2) is 7.52. The van der Waals surface area contributed by atoms with E-state index in [1.54, 1.807) is 0 Å². The normalized spacial score (nSPS) is 11.1. The van der Waals surface area contributed by atoms with E-state index in [1.807, 2.05) is 83.9 Å². The molecule has 0 unspecified atom stereocenters. The number of ether oxygens (including phenoxy) is 1. The molecule has 4 rings (SSSR count). The molecule has 0 amide bonds. The first-order chi connectivity index (χ1) is 13.6. The van der Waals surface area contributed by atoms with E-state index in [9.17, 15) is 4.79 Å². The molecule has 0 aliphatic rings. The summed E-state index contributed by atoms with van der Waals surface area (Å²) >= 11 is 1.49. The number of pyridine rings is 1. The topological polar surface area (TPSA) is 61.4 Å². The van der Waals surface area contributed by atoms with Crippen LogP contribution in [0.15, 0.2) is 59.9 Å². The molecule has 0 aliphatic carbocycles. The first-order valence-corrected chi connectivity index (χ1v) is 10.1. The maximum Gasteiger partial charge on any atom is 0.359 e. The molecule has 6 nitrogen and oxygen atoms in total. The minimum absolute atomic E-state index is 0.191. The molecule has 0 bridgehead atoms. The van der Waals surface area contributed by atoms with E-state index < -0.39 is 5.97 Å². The zero-order valence-corrected chi connectivity index (χ0v) is 16.7. The summed E-state index contributed by atoms with van der Waals surface area (Å²) in [5.41, 5.74) is 5.03. The highest BCUT2D eigenvalue weighted by molar-refractivity contribution is 7.98. The van der Waals surface area contributed by atoms with Crippen LogP contribution in [0.5, 0.6) is 0 Å². The van der Waals surface area contributed by atoms with Crippen molar-refractivity contribution < 1.29 is 9.53 Å². The van der Waals surface area contributed by atoms with Gasteiger partial charge in [-0.2, -0.15) is 5.10 Å². The Bertz CT molecular complexity index is 1150. The van der Waals surface area contributed by atoms with Gasteiger partial charge in [-0.15, -0.1) is 0 Å². The Labute approximate surface area is 167 Å². The van der Waals surface area contributed by atoms with Gasteiger partial charge < -0.3 is 4.74 Å². The van der Waals surface area contributed by atoms with Crippen molar-refractivity contribution in [3.8, 4) is 5.69 Å². The van der Waals surface area contributed by atoms with Crippen LogP contribution < -0.4 is 0 Å². The van der Waals surface area contributed by atoms with Crippen molar-refractivity contribution in [1.82, 2.24) is 19.2 Å². The number of aryl methyl sites for hydroxylation is 2. The Kier molecular flexibility index (Phi) is 4.92. The second-order valence-electron chi connectivity index (χ2n) is 6.48. The molecule has 1 aromatic carbocycles. The van der Waals surface area contributed by atoms with Crippen LogP contribution in [0.4, 0.5) is 0 Å². The van der Waals surface area contributed by atoms with Gasteiger partial charge in [-0.25, -0.2) is 14.5 Å². The second-order valence-corrected chi connectivity index (χ2v) is 7.26. The fourth-order valence-corrected chi connectivity index (χ4v) is 3.68. The van der Waals surface area contributed by atoms with E-state index in [0.29, 0.717) is 5.69 Å². The van der Waals surface area contributed by atoms with Crippen molar-refractivity contribution in [1.29, 1.82) is 0 Å². The smallest absolute Gasteiger partial charge is 0.359 e. The summed E-state index contributed by atoms with van der Waals surface area (Å²) in [4.78, 5) is 17.0. The van der Waals surface area contributed by atoms with E-state index in [2.05, 4.69) is 10.1 Å². The van der Waals surface area contributed by atoms with E-state index in [4.69, 9.17) is 4.74 Å². The minimum Gasteiger partial charge on any atom is -0.456 e. The Hall–Kier alpha value is -3.06. The van der Waals surface area contributed by atoms with E-state index in [0.717, 1.165) is 33.3 Å². The molecule has 3 aromatic heterocycles. The van der Waals surface area contributed by atoms with Crippen molar-refractivity contribution in [2.75, 3.05) is 6.26 Å². The zero-order valence-electron chi connectivity index (χ0n) is 15.9. The first kappa shape index (κ1) is 18.3. The van der Waals surface area contributed by atoms with Crippen molar-refractivity contribution in [3.05, 3.63) is 77.4 Å². The third-order valence-electron chi connectivity index (χ3n) is 4.45. The van der Waals surface area contributed by atoms with Crippen LogP contribution in [-0.4, -0.2) is 31.4 Å². The summed E-state index contributed by atoms with van der Waals surface area (Å²) in [7, 11) is 0. The fraction of sp³-hybridized carbons (Fsp3) is 0.190. The van der Waals surface area contributed by atoms with E-state index >= 15 is 0 Å². The molecule has 3 heterocycles. The van der Waals surface area contributed by atoms with Gasteiger partial charge in [0, 0.05) is 11.9 Å². The minimum atomic E-state index is -0.424. The number of thioether (sulfide) groups is 1. The van der Waals surface area contributed by atoms with Gasteiger partial charge in [-0.1, -0.05) is 30.0 Å². The molecule has 7 heteroatoms. The third-order valence-corrected chi connectivity index (χ3v) is 5.11. The van der Waals surface area contributed by atoms with Crippen LogP contribution in [0.25, 0.3) is 11.2 Å². The SMILES string of the molecule is CSc1nc(C(=O)OCc2ccc(-n3nc(C)cc3C)cc2)c2ccccn12. The summed E-state index contributed by atoms with van der Waals surface area (Å²) in [5, 5.41) is 5.24. The van der Waals surface area contributed by atoms with Gasteiger partial charge in [0.1, 0.15) is 6.61 Å². The lowest BCUT2D eigenvalue weighted by Gasteiger charge is -2.07. The Balaban J connectivity index is 1.49. The zero-order chi connectivity index (χ0) is 19.7. The van der Waals surface area contributed by atoms with Gasteiger partial charge in [0.25, 0.3) is 0 Å². The lowest BCUT2D eigenvalue weighted by molar-refractivity contribution is 0.0468. The van der Waals surface area contributed by atoms with Crippen molar-refractivity contribution in [2.45, 2.75) is 25.6 Å². The number of aromatic nitrogens is 4. The number of benzene rings is 1. The summed E-state index contributed by atoms with van der Waals surface area (Å²) in [6, 6.07) is 15.5. The highest BCUT2D eigenvalue weighted by Crippen LogP contribution is 2.21. The van der Waals surface area contributed by atoms with Gasteiger partial charge in [0.2, 0.25) is 0 Å². The number of hydrogen-bond acceptors (Lipinski definition) is 5. The average Bonchev–Trinajstić information content (AvgIpc) is 3.26. The van der Waals surface area contributed by atoms with Crippen LogP contribution in [0.2, 0.25) is 0 Å². The molecule has 28 heavy (non-hydrogen) atoms. The lowest BCUT2D eigenvalue weighted by Crippen LogP contribution is -2.06. The van der Waals surface area contributed by atoms with Crippen LogP contribution >= 0.6 is 11.8 Å². The summed E-state index contributed by atoms with van der Waals surface area (Å²) < 4.78 is 9.30. The van der Waals surface area contributed by atoms with Crippen molar-refractivity contribution in [3.63, 3.8) is 0 Å². The number of rotatable bonds is 5. The number of carbonyl (C=O) groups is 1. The summed E-state index contributed by atoms with van der Waals surface area (Å²) in [6.07, 6.45) is 3.82. The summed E-state index contributed by atoms with van der Waals surface area (Å²) in [6.45, 7) is 4.18. The molecule has 0 saturated heterocycles. The number of hydrogen-bond donors (Lipinski definition) is 0. The first-order valence-electron chi connectivity index (χ1n) is 8.87. The van der Waals surface area contributed by atoms with E-state index in [1.165, 1.54) is 11.8 Å². The number of carbonyl (C=O) groups excluding carboxylic acids is 1. The Morgan fingerprint density at radius 1 is 1.14 bits per heavy atom. The monoisotopic (exact) mass is 392 g/mol. The predicted octanol–water partition coefficient (Wildman–Crippen LogP) is 4.22. The molecular formula is C21H20N4O2S. The quantitative estimate of drug-likeness (QED) is 0.376. The van der Waals surface area contributed by atoms with Gasteiger partial charge in [-0.05, 0) is 56.0 Å². The molecule has 0 saturated carbocycles. The summed E-state index contributed by atoms with van der Waals surface area (Å²) in [5.74, 6) is -0.424. The third kappa shape index (κ3) is 3.41. The van der Waals surface area contributed by atoms with Crippen LogP contribution in [0.1, 0.15) is 27.4 Å². The largest absolute Gasteiger partial charge is 0.456 e. The maximum absolute atomic E-state index is 12.6. The number of fused-ring (bicyclic) bond motifs is 1. The van der Waals surface area contributed by atoms with Crippen molar-refractivity contribution in [2.24, 2.45) is 0 Å². The molecule has 0 N–H and O–H groups in total. The standard InChI is InChI=1S/C21H20N4O2S/c1-14-12-15(2)25(23-14)17-9-7-16(8-10-17)13-27-20(26)19-18-6-4-5-11-24(18)21(22-19)28-3/h4-12H,13H2,1-3H3. The van der Waals surface area contributed by atoms with Gasteiger partial charge in [-0.3, -0.25) is 4.40 Å². The molecule has 0 spiro atoms. The van der Waals surface area contributed by atoms with Crippen molar-refractivity contribution >= 4 is 23.2 Å². The molecule has 0 atom stereocenters. The molecular weight excluding hydrogens is 372 g/mol. The molecule has 4 aromatic rings. The highest BCUT2D eigenvalue weighted by atomic mass is 32.2. The van der Waals surface area contributed by atoms with Gasteiger partial charge in [0.15, 0.2) is 10.9 Å². The Morgan fingerprint density at radius 3 is 2.61 bits per heavy atom. The highest BCUT2D eigenvalue weighted by Gasteiger charge is 2.18. The number of imidazole rings is 1. The molecule has 0 radical (unpaired) electrons. The van der Waals surface area contributed by atoms with Gasteiger partial charge in [0.05, 0.1) is 16.9 Å². The predicted molar refractivity (Wildman–Crippen MR) is 109 cm³/mol. The molecule has 142 valence electrons. The van der Waals surface area contributed by atoms with Crippen LogP contribution in [0, 0.1) is 13.8 Å². The van der Waals surface area contributed by atoms with Crippen LogP contribution in [0.3, 0.4) is 0 Å². The average molecular weight is 392 g/mol. The lowest BCUT2D eigenvalue weighted by atomic mass is 10.2.